The van der Waals surface area contributed by atoms with Crippen LogP contribution in [0.5, 0.6) is 0 Å². The highest BCUT2D eigenvalue weighted by Gasteiger charge is 2.18. The second-order valence-corrected chi connectivity index (χ2v) is 3.95. The number of anilines is 1. The minimum absolute atomic E-state index is 0.222. The third kappa shape index (κ3) is 2.89. The Morgan fingerprint density at radius 3 is 2.50 bits per heavy atom. The molecule has 1 aromatic heterocycles. The van der Waals surface area contributed by atoms with Gasteiger partial charge < -0.3 is 16.0 Å². The number of hydrogen-bond acceptors (Lipinski definition) is 6. The highest BCUT2D eigenvalue weighted by molar-refractivity contribution is 7.17. The van der Waals surface area contributed by atoms with Gasteiger partial charge in [-0.05, 0) is 6.92 Å². The van der Waals surface area contributed by atoms with Crippen LogP contribution in [0.2, 0.25) is 0 Å². The molecule has 0 fully saturated rings. The molecule has 0 saturated carbocycles. The Balaban J connectivity index is 2.61. The normalized spacial score (nSPS) is 11.7. The fourth-order valence-corrected chi connectivity index (χ4v) is 1.56. The highest BCUT2D eigenvalue weighted by atomic mass is 32.1. The van der Waals surface area contributed by atoms with Crippen LogP contribution in [0.4, 0.5) is 5.13 Å². The second kappa shape index (κ2) is 5.40. The Kier molecular flexibility index (Phi) is 4.18. The monoisotopic (exact) mass is 243 g/mol. The summed E-state index contributed by atoms with van der Waals surface area (Å²) in [6.45, 7) is 1.59. The summed E-state index contributed by atoms with van der Waals surface area (Å²) in [6, 6.07) is -0.598. The molecule has 1 heterocycles. The predicted octanol–water partition coefficient (Wildman–Crippen LogP) is -0.556. The summed E-state index contributed by atoms with van der Waals surface area (Å²) in [5, 5.41) is 15.9. The van der Waals surface area contributed by atoms with Gasteiger partial charge >= 0.3 is 0 Å². The van der Waals surface area contributed by atoms with E-state index in [1.165, 1.54) is 7.05 Å². The first kappa shape index (κ1) is 12.4. The predicted molar refractivity (Wildman–Crippen MR) is 60.5 cm³/mol. The molecule has 0 aliphatic heterocycles. The maximum atomic E-state index is 11.6. The summed E-state index contributed by atoms with van der Waals surface area (Å²) >= 11 is 1.13. The number of nitrogens with zero attached hydrogens (tertiary/aromatic N) is 2. The van der Waals surface area contributed by atoms with Crippen LogP contribution in [-0.4, -0.2) is 42.1 Å². The first-order valence-corrected chi connectivity index (χ1v) is 5.43. The summed E-state index contributed by atoms with van der Waals surface area (Å²) in [5.41, 5.74) is 0. The fourth-order valence-electron chi connectivity index (χ4n) is 0.956. The number of nitrogens with one attached hydrogen (secondary N) is 3. The first-order valence-electron chi connectivity index (χ1n) is 4.62. The van der Waals surface area contributed by atoms with Crippen molar-refractivity contribution in [2.24, 2.45) is 0 Å². The molecule has 1 rings (SSSR count). The number of hydrogen-bond donors (Lipinski definition) is 3. The molecule has 0 spiro atoms. The molecule has 1 atom stereocenters. The zero-order valence-corrected chi connectivity index (χ0v) is 10.0. The minimum atomic E-state index is -0.598. The molecule has 16 heavy (non-hydrogen) atoms. The van der Waals surface area contributed by atoms with Crippen LogP contribution in [0.1, 0.15) is 16.7 Å². The Bertz CT molecular complexity index is 392. The van der Waals surface area contributed by atoms with Crippen LogP contribution in [0.15, 0.2) is 0 Å². The molecule has 1 unspecified atom stereocenters. The molecule has 0 saturated heterocycles. The molecule has 88 valence electrons. The van der Waals surface area contributed by atoms with Gasteiger partial charge in [0.25, 0.3) is 5.91 Å². The van der Waals surface area contributed by atoms with E-state index < -0.39 is 11.9 Å². The molecule has 8 heteroatoms. The second-order valence-electron chi connectivity index (χ2n) is 2.97. The fraction of sp³-hybridized carbons (Fsp3) is 0.500. The van der Waals surface area contributed by atoms with Crippen LogP contribution >= 0.6 is 11.3 Å². The third-order valence-corrected chi connectivity index (χ3v) is 2.76. The summed E-state index contributed by atoms with van der Waals surface area (Å²) < 4.78 is 0. The van der Waals surface area contributed by atoms with Crippen molar-refractivity contribution < 1.29 is 9.59 Å². The van der Waals surface area contributed by atoms with E-state index in [1.807, 2.05) is 0 Å². The van der Waals surface area contributed by atoms with Gasteiger partial charge in [-0.15, -0.1) is 10.2 Å². The first-order chi connectivity index (χ1) is 7.58. The Hall–Kier alpha value is -1.70. The molecular formula is C8H13N5O2S. The molecule has 7 nitrogen and oxygen atoms in total. The van der Waals surface area contributed by atoms with Crippen LogP contribution in [-0.2, 0) is 4.79 Å². The number of aromatic nitrogens is 2. The Morgan fingerprint density at radius 2 is 2.00 bits per heavy atom. The quantitative estimate of drug-likeness (QED) is 0.659. The SMILES string of the molecule is CNC(=O)C(C)NC(=O)c1nnc(NC)s1. The van der Waals surface area contributed by atoms with Gasteiger partial charge in [-0.3, -0.25) is 9.59 Å². The van der Waals surface area contributed by atoms with Crippen molar-refractivity contribution >= 4 is 28.3 Å². The van der Waals surface area contributed by atoms with Crippen molar-refractivity contribution in [1.82, 2.24) is 20.8 Å². The lowest BCUT2D eigenvalue weighted by atomic mass is 10.3. The van der Waals surface area contributed by atoms with Crippen molar-refractivity contribution in [1.29, 1.82) is 0 Å². The van der Waals surface area contributed by atoms with Gasteiger partial charge in [0.15, 0.2) is 0 Å². The number of rotatable bonds is 4. The third-order valence-electron chi connectivity index (χ3n) is 1.82. The van der Waals surface area contributed by atoms with E-state index in [2.05, 4.69) is 26.1 Å². The topological polar surface area (TPSA) is 96.0 Å². The van der Waals surface area contributed by atoms with Crippen LogP contribution < -0.4 is 16.0 Å². The van der Waals surface area contributed by atoms with Crippen LogP contribution in [0, 0.1) is 0 Å². The van der Waals surface area contributed by atoms with Gasteiger partial charge in [-0.2, -0.15) is 0 Å². The van der Waals surface area contributed by atoms with E-state index in [0.29, 0.717) is 5.13 Å². The summed E-state index contributed by atoms with van der Waals surface area (Å²) in [6.07, 6.45) is 0. The van der Waals surface area contributed by atoms with E-state index in [-0.39, 0.29) is 10.9 Å². The maximum Gasteiger partial charge on any atom is 0.282 e. The lowest BCUT2D eigenvalue weighted by Crippen LogP contribution is -2.43. The van der Waals surface area contributed by atoms with Crippen LogP contribution in [0.3, 0.4) is 0 Å². The van der Waals surface area contributed by atoms with E-state index in [1.54, 1.807) is 14.0 Å². The molecule has 0 aliphatic carbocycles. The van der Waals surface area contributed by atoms with Crippen molar-refractivity contribution in [2.75, 3.05) is 19.4 Å². The molecule has 1 aromatic rings. The van der Waals surface area contributed by atoms with Gasteiger partial charge in [0.2, 0.25) is 16.0 Å². The Labute approximate surface area is 96.6 Å². The van der Waals surface area contributed by atoms with Gasteiger partial charge in [0.05, 0.1) is 0 Å². The van der Waals surface area contributed by atoms with Gasteiger partial charge in [-0.1, -0.05) is 11.3 Å². The number of carbonyl (C=O) groups is 2. The minimum Gasteiger partial charge on any atom is -0.363 e. The van der Waals surface area contributed by atoms with E-state index in [4.69, 9.17) is 0 Å². The van der Waals surface area contributed by atoms with Crippen molar-refractivity contribution in [3.63, 3.8) is 0 Å². The zero-order valence-electron chi connectivity index (χ0n) is 9.20. The Morgan fingerprint density at radius 1 is 1.31 bits per heavy atom. The van der Waals surface area contributed by atoms with Crippen LogP contribution in [0.25, 0.3) is 0 Å². The van der Waals surface area contributed by atoms with E-state index in [0.717, 1.165) is 11.3 Å². The lowest BCUT2D eigenvalue weighted by Gasteiger charge is -2.10. The molecule has 0 aliphatic rings. The number of carbonyl (C=O) groups excluding carboxylic acids is 2. The summed E-state index contributed by atoms with van der Waals surface area (Å²) in [4.78, 5) is 22.8. The largest absolute Gasteiger partial charge is 0.363 e. The molecule has 0 aromatic carbocycles. The average molecular weight is 243 g/mol. The molecule has 0 bridgehead atoms. The molecule has 0 radical (unpaired) electrons. The molecular weight excluding hydrogens is 230 g/mol. The van der Waals surface area contributed by atoms with Crippen molar-refractivity contribution in [3.05, 3.63) is 5.01 Å². The number of likely N-dealkylation sites (N-methyl/N-ethyl adjacent to an activating group) is 1. The van der Waals surface area contributed by atoms with Gasteiger partial charge in [-0.25, -0.2) is 0 Å². The van der Waals surface area contributed by atoms with Gasteiger partial charge in [0, 0.05) is 14.1 Å². The zero-order chi connectivity index (χ0) is 12.1. The number of amides is 2. The van der Waals surface area contributed by atoms with Crippen molar-refractivity contribution in [3.8, 4) is 0 Å². The summed E-state index contributed by atoms with van der Waals surface area (Å²) in [5.74, 6) is -0.665. The smallest absolute Gasteiger partial charge is 0.282 e. The highest BCUT2D eigenvalue weighted by Crippen LogP contribution is 2.13. The molecule has 3 N–H and O–H groups in total. The van der Waals surface area contributed by atoms with Crippen molar-refractivity contribution in [2.45, 2.75) is 13.0 Å². The standard InChI is InChI=1S/C8H13N5O2S/c1-4(5(14)9-2)11-6(15)7-12-13-8(10-3)16-7/h4H,1-3H3,(H,9,14)(H,10,13)(H,11,15). The van der Waals surface area contributed by atoms with E-state index in [9.17, 15) is 9.59 Å². The summed E-state index contributed by atoms with van der Waals surface area (Å²) in [7, 11) is 3.20. The van der Waals surface area contributed by atoms with E-state index >= 15 is 0 Å². The average Bonchev–Trinajstić information content (AvgIpc) is 2.76. The molecule has 2 amide bonds. The maximum absolute atomic E-state index is 11.6. The lowest BCUT2D eigenvalue weighted by molar-refractivity contribution is -0.122. The van der Waals surface area contributed by atoms with Gasteiger partial charge in [0.1, 0.15) is 6.04 Å².